The van der Waals surface area contributed by atoms with Crippen LogP contribution in [0.3, 0.4) is 0 Å². The Hall–Kier alpha value is -2.24. The van der Waals surface area contributed by atoms with Crippen molar-refractivity contribution in [3.8, 4) is 0 Å². The van der Waals surface area contributed by atoms with E-state index in [2.05, 4.69) is 15.5 Å². The molecule has 0 aliphatic carbocycles. The summed E-state index contributed by atoms with van der Waals surface area (Å²) in [6.07, 6.45) is -0.607. The summed E-state index contributed by atoms with van der Waals surface area (Å²) < 4.78 is 16.2. The quantitative estimate of drug-likeness (QED) is 0.229. The van der Waals surface area contributed by atoms with E-state index in [4.69, 9.17) is 24.8 Å². The first kappa shape index (κ1) is 25.8. The van der Waals surface area contributed by atoms with Crippen LogP contribution in [0.5, 0.6) is 0 Å². The Morgan fingerprint density at radius 2 is 1.80 bits per heavy atom. The van der Waals surface area contributed by atoms with Crippen LogP contribution in [-0.2, 0) is 28.6 Å². The molecule has 0 fully saturated rings. The first-order valence-electron chi connectivity index (χ1n) is 9.62. The summed E-state index contributed by atoms with van der Waals surface area (Å²) in [5.74, 6) is -1.20. The SMILES string of the molecule is CCOC(CNC(=O)/C(=N\OC(C)(C)C(=O)OC(C)(C)C)c1csc(N)n1)OCC. The summed E-state index contributed by atoms with van der Waals surface area (Å²) in [6.45, 7) is 12.8. The molecule has 0 radical (unpaired) electrons. The predicted octanol–water partition coefficient (Wildman–Crippen LogP) is 2.08. The third kappa shape index (κ3) is 8.64. The summed E-state index contributed by atoms with van der Waals surface area (Å²) in [5, 5.41) is 8.41. The van der Waals surface area contributed by atoms with Crippen molar-refractivity contribution < 1.29 is 28.6 Å². The largest absolute Gasteiger partial charge is 0.457 e. The maximum Gasteiger partial charge on any atom is 0.353 e. The van der Waals surface area contributed by atoms with Crippen LogP contribution in [0, 0.1) is 0 Å². The number of esters is 1. The number of oxime groups is 1. The molecule has 0 saturated carbocycles. The lowest BCUT2D eigenvalue weighted by atomic mass is 10.1. The molecule has 1 amide bonds. The van der Waals surface area contributed by atoms with Gasteiger partial charge in [-0.05, 0) is 48.5 Å². The average molecular weight is 445 g/mol. The van der Waals surface area contributed by atoms with Gasteiger partial charge < -0.3 is 30.1 Å². The summed E-state index contributed by atoms with van der Waals surface area (Å²) in [5.41, 5.74) is 3.64. The molecule has 0 aliphatic heterocycles. The van der Waals surface area contributed by atoms with Crippen LogP contribution in [0.2, 0.25) is 0 Å². The van der Waals surface area contributed by atoms with Gasteiger partial charge in [-0.1, -0.05) is 5.16 Å². The number of nitrogens with two attached hydrogens (primary N) is 1. The van der Waals surface area contributed by atoms with Gasteiger partial charge in [0.2, 0.25) is 5.60 Å². The van der Waals surface area contributed by atoms with E-state index in [0.717, 1.165) is 11.3 Å². The lowest BCUT2D eigenvalue weighted by molar-refractivity contribution is -0.179. The standard InChI is InChI=1S/C19H32N4O6S/c1-8-26-13(27-9-2)10-21-15(24)14(12-11-30-17(20)22-12)23-29-19(6,7)16(25)28-18(3,4)5/h11,13H,8-10H2,1-7H3,(H2,20,22)(H,21,24)/b23-14-. The third-order valence-electron chi connectivity index (χ3n) is 3.37. The minimum absolute atomic E-state index is 0.0919. The van der Waals surface area contributed by atoms with Gasteiger partial charge in [0.25, 0.3) is 5.91 Å². The number of carbonyl (C=O) groups excluding carboxylic acids is 2. The Bertz CT molecular complexity index is 736. The topological polar surface area (TPSA) is 134 Å². The van der Waals surface area contributed by atoms with Crippen molar-refractivity contribution in [1.29, 1.82) is 0 Å². The first-order valence-corrected chi connectivity index (χ1v) is 10.5. The zero-order valence-corrected chi connectivity index (χ0v) is 19.4. The normalized spacial score (nSPS) is 12.7. The van der Waals surface area contributed by atoms with E-state index < -0.39 is 29.4 Å². The van der Waals surface area contributed by atoms with Crippen LogP contribution in [0.25, 0.3) is 0 Å². The molecule has 0 aliphatic rings. The second-order valence-electron chi connectivity index (χ2n) is 7.66. The highest BCUT2D eigenvalue weighted by atomic mass is 32.1. The van der Waals surface area contributed by atoms with Crippen LogP contribution in [0.4, 0.5) is 5.13 Å². The second-order valence-corrected chi connectivity index (χ2v) is 8.55. The molecule has 0 atom stereocenters. The van der Waals surface area contributed by atoms with Gasteiger partial charge in [-0.3, -0.25) is 4.79 Å². The van der Waals surface area contributed by atoms with Crippen LogP contribution < -0.4 is 11.1 Å². The van der Waals surface area contributed by atoms with Crippen molar-refractivity contribution in [3.63, 3.8) is 0 Å². The molecule has 1 aromatic rings. The van der Waals surface area contributed by atoms with Crippen molar-refractivity contribution in [3.05, 3.63) is 11.1 Å². The molecule has 10 nitrogen and oxygen atoms in total. The Kier molecular flexibility index (Phi) is 9.66. The number of hydrogen-bond acceptors (Lipinski definition) is 10. The minimum Gasteiger partial charge on any atom is -0.457 e. The fraction of sp³-hybridized carbons (Fsp3) is 0.684. The van der Waals surface area contributed by atoms with Gasteiger partial charge in [0.1, 0.15) is 11.3 Å². The fourth-order valence-electron chi connectivity index (χ4n) is 2.00. The number of nitrogen functional groups attached to an aromatic ring is 1. The number of rotatable bonds is 11. The number of anilines is 1. The van der Waals surface area contributed by atoms with E-state index in [1.807, 2.05) is 13.8 Å². The summed E-state index contributed by atoms with van der Waals surface area (Å²) in [4.78, 5) is 34.6. The molecule has 1 rings (SSSR count). The Balaban J connectivity index is 3.00. The van der Waals surface area contributed by atoms with E-state index in [1.165, 1.54) is 13.8 Å². The first-order chi connectivity index (χ1) is 13.9. The smallest absolute Gasteiger partial charge is 0.353 e. The number of thiazole rings is 1. The van der Waals surface area contributed by atoms with Gasteiger partial charge in [0.15, 0.2) is 17.1 Å². The fourth-order valence-corrected chi connectivity index (χ4v) is 2.54. The zero-order valence-electron chi connectivity index (χ0n) is 18.6. The number of nitrogens with zero attached hydrogens (tertiary/aromatic N) is 2. The average Bonchev–Trinajstić information content (AvgIpc) is 3.04. The van der Waals surface area contributed by atoms with E-state index in [9.17, 15) is 9.59 Å². The maximum atomic E-state index is 12.8. The highest BCUT2D eigenvalue weighted by Crippen LogP contribution is 2.19. The zero-order chi connectivity index (χ0) is 22.9. The van der Waals surface area contributed by atoms with Gasteiger partial charge in [-0.2, -0.15) is 0 Å². The Morgan fingerprint density at radius 1 is 1.20 bits per heavy atom. The molecule has 0 bridgehead atoms. The summed E-state index contributed by atoms with van der Waals surface area (Å²) in [7, 11) is 0. The van der Waals surface area contributed by atoms with E-state index in [-0.39, 0.29) is 23.1 Å². The van der Waals surface area contributed by atoms with Gasteiger partial charge in [-0.25, -0.2) is 9.78 Å². The van der Waals surface area contributed by atoms with Crippen molar-refractivity contribution in [2.75, 3.05) is 25.5 Å². The van der Waals surface area contributed by atoms with Crippen molar-refractivity contribution in [1.82, 2.24) is 10.3 Å². The van der Waals surface area contributed by atoms with Crippen molar-refractivity contribution in [2.45, 2.75) is 66.0 Å². The highest BCUT2D eigenvalue weighted by molar-refractivity contribution is 7.13. The van der Waals surface area contributed by atoms with E-state index in [1.54, 1.807) is 26.2 Å². The Morgan fingerprint density at radius 3 is 2.27 bits per heavy atom. The van der Waals surface area contributed by atoms with Crippen LogP contribution in [-0.4, -0.2) is 59.8 Å². The van der Waals surface area contributed by atoms with Gasteiger partial charge in [-0.15, -0.1) is 11.3 Å². The Labute approximate surface area is 181 Å². The molecule has 0 spiro atoms. The lowest BCUT2D eigenvalue weighted by Gasteiger charge is -2.26. The number of amides is 1. The van der Waals surface area contributed by atoms with Crippen LogP contribution in [0.1, 0.15) is 54.2 Å². The molecule has 1 heterocycles. The molecular formula is C19H32N4O6S. The van der Waals surface area contributed by atoms with Gasteiger partial charge in [0, 0.05) is 18.6 Å². The maximum absolute atomic E-state index is 12.8. The van der Waals surface area contributed by atoms with E-state index >= 15 is 0 Å². The lowest BCUT2D eigenvalue weighted by Crippen LogP contribution is -2.42. The van der Waals surface area contributed by atoms with E-state index in [0.29, 0.717) is 13.2 Å². The highest BCUT2D eigenvalue weighted by Gasteiger charge is 2.36. The number of ether oxygens (including phenoxy) is 3. The molecule has 0 saturated heterocycles. The number of nitrogens with one attached hydrogen (secondary N) is 1. The molecule has 0 aromatic carbocycles. The van der Waals surface area contributed by atoms with Crippen LogP contribution in [0.15, 0.2) is 10.5 Å². The predicted molar refractivity (Wildman–Crippen MR) is 114 cm³/mol. The molecule has 0 unspecified atom stereocenters. The van der Waals surface area contributed by atoms with Gasteiger partial charge in [0.05, 0.1) is 6.54 Å². The number of hydrogen-bond donors (Lipinski definition) is 2. The number of aromatic nitrogens is 1. The molecule has 11 heteroatoms. The molecule has 170 valence electrons. The molecule has 1 aromatic heterocycles. The van der Waals surface area contributed by atoms with Crippen molar-refractivity contribution >= 4 is 34.1 Å². The minimum atomic E-state index is -1.43. The summed E-state index contributed by atoms with van der Waals surface area (Å²) >= 11 is 1.15. The van der Waals surface area contributed by atoms with Gasteiger partial charge >= 0.3 is 5.97 Å². The second kappa shape index (κ2) is 11.2. The molecule has 30 heavy (non-hydrogen) atoms. The number of carbonyl (C=O) groups is 2. The summed E-state index contributed by atoms with van der Waals surface area (Å²) in [6, 6.07) is 0. The third-order valence-corrected chi connectivity index (χ3v) is 4.04. The monoisotopic (exact) mass is 444 g/mol. The van der Waals surface area contributed by atoms with Crippen molar-refractivity contribution in [2.24, 2.45) is 5.16 Å². The molecular weight excluding hydrogens is 412 g/mol. The molecule has 3 N–H and O–H groups in total. The van der Waals surface area contributed by atoms with Crippen LogP contribution >= 0.6 is 11.3 Å².